The molecule has 1 unspecified atom stereocenters. The van der Waals surface area contributed by atoms with Crippen LogP contribution < -0.4 is 5.32 Å². The first-order valence-corrected chi connectivity index (χ1v) is 8.78. The van der Waals surface area contributed by atoms with Gasteiger partial charge in [-0.2, -0.15) is 5.10 Å². The summed E-state index contributed by atoms with van der Waals surface area (Å²) >= 11 is 0. The van der Waals surface area contributed by atoms with Gasteiger partial charge in [-0.05, 0) is 32.6 Å². The number of nitrogens with zero attached hydrogens (tertiary/aromatic N) is 5. The largest absolute Gasteiger partial charge is 0.334 e. The molecule has 1 fully saturated rings. The van der Waals surface area contributed by atoms with Crippen LogP contribution in [0.25, 0.3) is 0 Å². The van der Waals surface area contributed by atoms with Crippen molar-refractivity contribution < 1.29 is 4.79 Å². The third kappa shape index (κ3) is 2.79. The van der Waals surface area contributed by atoms with Crippen molar-refractivity contribution in [3.05, 3.63) is 30.1 Å². The molecule has 3 heterocycles. The number of imidazole rings is 1. The molecule has 7 heteroatoms. The molecule has 2 aliphatic rings. The van der Waals surface area contributed by atoms with Crippen LogP contribution in [0.1, 0.15) is 44.1 Å². The first-order valence-electron chi connectivity index (χ1n) is 8.78. The van der Waals surface area contributed by atoms with Crippen LogP contribution in [-0.2, 0) is 19.5 Å². The Kier molecular flexibility index (Phi) is 3.78. The van der Waals surface area contributed by atoms with E-state index in [0.29, 0.717) is 12.6 Å². The average molecular weight is 328 g/mol. The minimum atomic E-state index is -0.0784. The van der Waals surface area contributed by atoms with Crippen LogP contribution in [0.3, 0.4) is 0 Å². The normalized spacial score (nSPS) is 18.3. The predicted molar refractivity (Wildman–Crippen MR) is 90.7 cm³/mol. The maximum absolute atomic E-state index is 12.5. The van der Waals surface area contributed by atoms with E-state index >= 15 is 0 Å². The molecule has 1 aliphatic heterocycles. The molecule has 1 aliphatic carbocycles. The van der Waals surface area contributed by atoms with Gasteiger partial charge in [-0.15, -0.1) is 0 Å². The fourth-order valence-corrected chi connectivity index (χ4v) is 3.44. The zero-order valence-corrected chi connectivity index (χ0v) is 14.3. The topological polar surface area (TPSA) is 68.0 Å². The predicted octanol–water partition coefficient (Wildman–Crippen LogP) is 2.66. The zero-order valence-electron chi connectivity index (χ0n) is 14.3. The Morgan fingerprint density at radius 2 is 2.29 bits per heavy atom. The lowest BCUT2D eigenvalue weighted by atomic mass is 10.1. The average Bonchev–Trinajstić information content (AvgIpc) is 3.20. The number of amides is 2. The Morgan fingerprint density at radius 1 is 1.46 bits per heavy atom. The van der Waals surface area contributed by atoms with Crippen molar-refractivity contribution in [2.75, 3.05) is 11.9 Å². The Morgan fingerprint density at radius 3 is 3.04 bits per heavy atom. The van der Waals surface area contributed by atoms with Gasteiger partial charge in [0.15, 0.2) is 0 Å². The SMILES string of the molecule is CCn1cnc2c1CCN(C(=O)Nc1cnn(C(C)C3CC3)c1)C2. The molecule has 0 spiro atoms. The number of fused-ring (bicyclic) bond motifs is 1. The van der Waals surface area contributed by atoms with E-state index in [1.54, 1.807) is 6.20 Å². The third-order valence-electron chi connectivity index (χ3n) is 5.19. The van der Waals surface area contributed by atoms with Crippen LogP contribution in [-0.4, -0.2) is 36.8 Å². The Hall–Kier alpha value is -2.31. The van der Waals surface area contributed by atoms with Crippen LogP contribution in [0.15, 0.2) is 18.7 Å². The van der Waals surface area contributed by atoms with Gasteiger partial charge in [0.25, 0.3) is 0 Å². The van der Waals surface area contributed by atoms with Gasteiger partial charge < -0.3 is 14.8 Å². The molecule has 0 radical (unpaired) electrons. The Bertz CT molecular complexity index is 744. The van der Waals surface area contributed by atoms with Crippen LogP contribution in [0.4, 0.5) is 10.5 Å². The molecule has 1 saturated carbocycles. The number of hydrogen-bond donors (Lipinski definition) is 1. The lowest BCUT2D eigenvalue weighted by Gasteiger charge is -2.27. The number of rotatable bonds is 4. The maximum Gasteiger partial charge on any atom is 0.322 e. The van der Waals surface area contributed by atoms with Gasteiger partial charge in [0.1, 0.15) is 0 Å². The van der Waals surface area contributed by atoms with Crippen LogP contribution >= 0.6 is 0 Å². The van der Waals surface area contributed by atoms with E-state index in [4.69, 9.17) is 0 Å². The highest BCUT2D eigenvalue weighted by atomic mass is 16.2. The second-order valence-electron chi connectivity index (χ2n) is 6.81. The van der Waals surface area contributed by atoms with Crippen molar-refractivity contribution >= 4 is 11.7 Å². The summed E-state index contributed by atoms with van der Waals surface area (Å²) in [6.45, 7) is 6.51. The number of carbonyl (C=O) groups is 1. The van der Waals surface area contributed by atoms with E-state index < -0.39 is 0 Å². The smallest absolute Gasteiger partial charge is 0.322 e. The highest BCUT2D eigenvalue weighted by molar-refractivity contribution is 5.89. The van der Waals surface area contributed by atoms with E-state index in [1.807, 2.05) is 22.1 Å². The lowest BCUT2D eigenvalue weighted by molar-refractivity contribution is 0.205. The van der Waals surface area contributed by atoms with Crippen LogP contribution in [0, 0.1) is 5.92 Å². The first-order chi connectivity index (χ1) is 11.7. The van der Waals surface area contributed by atoms with Gasteiger partial charge in [-0.25, -0.2) is 9.78 Å². The molecule has 0 aromatic carbocycles. The standard InChI is InChI=1S/C17H24N6O/c1-3-21-11-18-15-10-22(7-6-16(15)21)17(24)20-14-8-19-23(9-14)12(2)13-4-5-13/h8-9,11-13H,3-7,10H2,1-2H3,(H,20,24). The summed E-state index contributed by atoms with van der Waals surface area (Å²) in [6.07, 6.45) is 8.95. The molecule has 2 amide bonds. The molecule has 2 aromatic heterocycles. The molecule has 1 atom stereocenters. The van der Waals surface area contributed by atoms with Crippen molar-refractivity contribution in [2.45, 2.75) is 52.2 Å². The summed E-state index contributed by atoms with van der Waals surface area (Å²) in [5, 5.41) is 7.36. The Labute approximate surface area is 141 Å². The molecule has 1 N–H and O–H groups in total. The van der Waals surface area contributed by atoms with Gasteiger partial charge >= 0.3 is 6.03 Å². The summed E-state index contributed by atoms with van der Waals surface area (Å²) in [5.41, 5.74) is 3.03. The van der Waals surface area contributed by atoms with Crippen LogP contribution in [0.2, 0.25) is 0 Å². The summed E-state index contributed by atoms with van der Waals surface area (Å²) in [7, 11) is 0. The summed E-state index contributed by atoms with van der Waals surface area (Å²) in [5.74, 6) is 0.739. The van der Waals surface area contributed by atoms with E-state index in [1.165, 1.54) is 18.5 Å². The van der Waals surface area contributed by atoms with E-state index in [-0.39, 0.29) is 6.03 Å². The molecule has 128 valence electrons. The molecule has 0 bridgehead atoms. The van der Waals surface area contributed by atoms with Gasteiger partial charge in [-0.3, -0.25) is 4.68 Å². The highest BCUT2D eigenvalue weighted by Crippen LogP contribution is 2.39. The van der Waals surface area contributed by atoms with Crippen molar-refractivity contribution in [3.63, 3.8) is 0 Å². The quantitative estimate of drug-likeness (QED) is 0.938. The number of aryl methyl sites for hydroxylation is 1. The van der Waals surface area contributed by atoms with Gasteiger partial charge in [0.2, 0.25) is 0 Å². The Balaban J connectivity index is 1.40. The van der Waals surface area contributed by atoms with Crippen molar-refractivity contribution in [2.24, 2.45) is 5.92 Å². The number of nitrogens with one attached hydrogen (secondary N) is 1. The molecule has 7 nitrogen and oxygen atoms in total. The monoisotopic (exact) mass is 328 g/mol. The maximum atomic E-state index is 12.5. The highest BCUT2D eigenvalue weighted by Gasteiger charge is 2.30. The number of aromatic nitrogens is 4. The first kappa shape index (κ1) is 15.2. The molecule has 0 saturated heterocycles. The lowest BCUT2D eigenvalue weighted by Crippen LogP contribution is -2.39. The molecule has 4 rings (SSSR count). The molecule has 24 heavy (non-hydrogen) atoms. The van der Waals surface area contributed by atoms with Gasteiger partial charge in [0.05, 0.1) is 36.5 Å². The molecule has 2 aromatic rings. The minimum absolute atomic E-state index is 0.0784. The van der Waals surface area contributed by atoms with E-state index in [0.717, 1.165) is 36.8 Å². The zero-order chi connectivity index (χ0) is 16.7. The fourth-order valence-electron chi connectivity index (χ4n) is 3.44. The summed E-state index contributed by atoms with van der Waals surface area (Å²) in [6, 6.07) is 0.330. The van der Waals surface area contributed by atoms with Gasteiger partial charge in [0, 0.05) is 31.4 Å². The second-order valence-corrected chi connectivity index (χ2v) is 6.81. The summed E-state index contributed by atoms with van der Waals surface area (Å²) < 4.78 is 4.12. The second kappa shape index (κ2) is 5.96. The number of carbonyl (C=O) groups excluding carboxylic acids is 1. The molecular formula is C17H24N6O. The number of urea groups is 1. The van der Waals surface area contributed by atoms with E-state index in [9.17, 15) is 4.79 Å². The molecular weight excluding hydrogens is 304 g/mol. The number of anilines is 1. The van der Waals surface area contributed by atoms with Crippen molar-refractivity contribution in [1.82, 2.24) is 24.2 Å². The van der Waals surface area contributed by atoms with Crippen LogP contribution in [0.5, 0.6) is 0 Å². The van der Waals surface area contributed by atoms with Crippen molar-refractivity contribution in [3.8, 4) is 0 Å². The number of hydrogen-bond acceptors (Lipinski definition) is 3. The van der Waals surface area contributed by atoms with Crippen molar-refractivity contribution in [1.29, 1.82) is 0 Å². The fraction of sp³-hybridized carbons (Fsp3) is 0.588. The van der Waals surface area contributed by atoms with Gasteiger partial charge in [-0.1, -0.05) is 0 Å². The minimum Gasteiger partial charge on any atom is -0.334 e. The summed E-state index contributed by atoms with van der Waals surface area (Å²) in [4.78, 5) is 18.8. The third-order valence-corrected chi connectivity index (χ3v) is 5.19. The van der Waals surface area contributed by atoms with E-state index in [2.05, 4.69) is 33.8 Å².